The second-order valence-corrected chi connectivity index (χ2v) is 6.87. The number of nitrogens with zero attached hydrogens (tertiary/aromatic N) is 3. The summed E-state index contributed by atoms with van der Waals surface area (Å²) in [5.41, 5.74) is 1.06. The molecule has 0 unspecified atom stereocenters. The minimum atomic E-state index is -0.0939. The molecule has 2 heterocycles. The van der Waals surface area contributed by atoms with Crippen molar-refractivity contribution < 1.29 is 18.7 Å². The van der Waals surface area contributed by atoms with Gasteiger partial charge < -0.3 is 19.0 Å². The highest BCUT2D eigenvalue weighted by Gasteiger charge is 2.25. The van der Waals surface area contributed by atoms with E-state index in [0.717, 1.165) is 11.3 Å². The monoisotopic (exact) mass is 385 g/mol. The van der Waals surface area contributed by atoms with Crippen molar-refractivity contribution in [2.75, 3.05) is 46.4 Å². The average Bonchev–Trinajstić information content (AvgIpc) is 3.24. The quantitative estimate of drug-likeness (QED) is 0.730. The Labute approximate surface area is 165 Å². The number of amides is 2. The van der Waals surface area contributed by atoms with Crippen molar-refractivity contribution in [1.82, 2.24) is 14.7 Å². The van der Waals surface area contributed by atoms with Crippen LogP contribution in [0.4, 0.5) is 0 Å². The predicted octanol–water partition coefficient (Wildman–Crippen LogP) is 2.09. The molecule has 0 spiro atoms. The van der Waals surface area contributed by atoms with E-state index in [1.165, 1.54) is 6.26 Å². The summed E-state index contributed by atoms with van der Waals surface area (Å²) in [7, 11) is 1.81. The number of hydrogen-bond acceptors (Lipinski definition) is 5. The number of benzene rings is 1. The summed E-state index contributed by atoms with van der Waals surface area (Å²) in [6, 6.07) is 11.2. The number of furan rings is 1. The molecule has 1 aliphatic heterocycles. The Kier molecular flexibility index (Phi) is 6.71. The third-order valence-electron chi connectivity index (χ3n) is 4.83. The average molecular weight is 385 g/mol. The van der Waals surface area contributed by atoms with Crippen LogP contribution >= 0.6 is 0 Å². The lowest BCUT2D eigenvalue weighted by atomic mass is 10.2. The molecular formula is C21H27N3O4. The van der Waals surface area contributed by atoms with Gasteiger partial charge in [-0.1, -0.05) is 12.1 Å². The largest absolute Gasteiger partial charge is 0.494 e. The molecule has 1 saturated heterocycles. The predicted molar refractivity (Wildman–Crippen MR) is 105 cm³/mol. The summed E-state index contributed by atoms with van der Waals surface area (Å²) in [6.07, 6.45) is 1.50. The Morgan fingerprint density at radius 1 is 1.11 bits per heavy atom. The first-order chi connectivity index (χ1) is 13.6. The molecule has 1 aromatic heterocycles. The van der Waals surface area contributed by atoms with Gasteiger partial charge in [-0.3, -0.25) is 14.5 Å². The maximum atomic E-state index is 12.6. The maximum Gasteiger partial charge on any atom is 0.289 e. The molecule has 0 radical (unpaired) electrons. The van der Waals surface area contributed by atoms with Gasteiger partial charge in [0.2, 0.25) is 5.91 Å². The van der Waals surface area contributed by atoms with E-state index in [9.17, 15) is 9.59 Å². The zero-order chi connectivity index (χ0) is 19.9. The smallest absolute Gasteiger partial charge is 0.289 e. The first-order valence-electron chi connectivity index (χ1n) is 9.57. The topological polar surface area (TPSA) is 66.2 Å². The van der Waals surface area contributed by atoms with Crippen molar-refractivity contribution >= 4 is 11.8 Å². The molecule has 0 N–H and O–H groups in total. The van der Waals surface area contributed by atoms with E-state index in [-0.39, 0.29) is 11.8 Å². The van der Waals surface area contributed by atoms with Crippen molar-refractivity contribution in [3.05, 3.63) is 54.0 Å². The molecule has 0 bridgehead atoms. The summed E-state index contributed by atoms with van der Waals surface area (Å²) < 4.78 is 10.6. The Hall–Kier alpha value is -2.80. The molecule has 7 nitrogen and oxygen atoms in total. The molecule has 0 atom stereocenters. The van der Waals surface area contributed by atoms with Crippen LogP contribution in [0.1, 0.15) is 23.0 Å². The van der Waals surface area contributed by atoms with Crippen LogP contribution in [0.2, 0.25) is 0 Å². The third kappa shape index (κ3) is 5.13. The van der Waals surface area contributed by atoms with Crippen LogP contribution in [-0.2, 0) is 11.3 Å². The van der Waals surface area contributed by atoms with Crippen LogP contribution in [0.5, 0.6) is 5.75 Å². The van der Waals surface area contributed by atoms with Crippen LogP contribution in [0.3, 0.4) is 0 Å². The van der Waals surface area contributed by atoms with Gasteiger partial charge in [-0.2, -0.15) is 0 Å². The van der Waals surface area contributed by atoms with E-state index in [0.29, 0.717) is 51.6 Å². The molecule has 0 saturated carbocycles. The van der Waals surface area contributed by atoms with E-state index >= 15 is 0 Å². The Morgan fingerprint density at radius 3 is 2.43 bits per heavy atom. The molecule has 0 aliphatic carbocycles. The van der Waals surface area contributed by atoms with Crippen molar-refractivity contribution in [2.45, 2.75) is 13.5 Å². The molecular weight excluding hydrogens is 358 g/mol. The first kappa shape index (κ1) is 19.9. The lowest BCUT2D eigenvalue weighted by Gasteiger charge is -2.34. The van der Waals surface area contributed by atoms with Gasteiger partial charge in [-0.15, -0.1) is 0 Å². The van der Waals surface area contributed by atoms with Crippen LogP contribution in [0, 0.1) is 0 Å². The van der Waals surface area contributed by atoms with E-state index in [1.54, 1.807) is 21.9 Å². The number of hydrogen-bond donors (Lipinski definition) is 0. The molecule has 2 amide bonds. The molecule has 1 fully saturated rings. The molecule has 3 rings (SSSR count). The molecule has 150 valence electrons. The van der Waals surface area contributed by atoms with Gasteiger partial charge in [-0.05, 0) is 36.8 Å². The van der Waals surface area contributed by atoms with Gasteiger partial charge in [0.15, 0.2) is 5.76 Å². The highest BCUT2D eigenvalue weighted by atomic mass is 16.5. The van der Waals surface area contributed by atoms with Crippen LogP contribution in [0.25, 0.3) is 0 Å². The molecule has 1 aromatic carbocycles. The lowest BCUT2D eigenvalue weighted by Crippen LogP contribution is -2.51. The standard InChI is InChI=1S/C21H27N3O4/c1-3-27-18-8-6-17(7-9-18)15-22(2)20(25)16-23-10-12-24(13-11-23)21(26)19-5-4-14-28-19/h4-9,14H,3,10-13,15-16H2,1-2H3. The zero-order valence-corrected chi connectivity index (χ0v) is 16.5. The van der Waals surface area contributed by atoms with Crippen LogP contribution in [-0.4, -0.2) is 72.9 Å². The van der Waals surface area contributed by atoms with Crippen LogP contribution < -0.4 is 4.74 Å². The minimum absolute atomic E-state index is 0.0692. The van der Waals surface area contributed by atoms with Crippen LogP contribution in [0.15, 0.2) is 47.1 Å². The number of piperazine rings is 1. The van der Waals surface area contributed by atoms with Gasteiger partial charge in [0, 0.05) is 39.8 Å². The number of carbonyl (C=O) groups is 2. The highest BCUT2D eigenvalue weighted by Crippen LogP contribution is 2.14. The zero-order valence-electron chi connectivity index (χ0n) is 16.5. The van der Waals surface area contributed by atoms with Crippen molar-refractivity contribution in [1.29, 1.82) is 0 Å². The molecule has 28 heavy (non-hydrogen) atoms. The normalized spacial score (nSPS) is 14.7. The van der Waals surface area contributed by atoms with Crippen molar-refractivity contribution in [3.63, 3.8) is 0 Å². The maximum absolute atomic E-state index is 12.6. The molecule has 2 aromatic rings. The molecule has 7 heteroatoms. The van der Waals surface area contributed by atoms with Gasteiger partial charge in [0.05, 0.1) is 19.4 Å². The fraction of sp³-hybridized carbons (Fsp3) is 0.429. The van der Waals surface area contributed by atoms with Gasteiger partial charge >= 0.3 is 0 Å². The first-order valence-corrected chi connectivity index (χ1v) is 9.57. The van der Waals surface area contributed by atoms with E-state index in [1.807, 2.05) is 38.2 Å². The lowest BCUT2D eigenvalue weighted by molar-refractivity contribution is -0.132. The number of rotatable bonds is 7. The summed E-state index contributed by atoms with van der Waals surface area (Å²) in [5.74, 6) is 1.17. The van der Waals surface area contributed by atoms with E-state index in [2.05, 4.69) is 4.90 Å². The van der Waals surface area contributed by atoms with E-state index in [4.69, 9.17) is 9.15 Å². The highest BCUT2D eigenvalue weighted by molar-refractivity contribution is 5.91. The summed E-state index contributed by atoms with van der Waals surface area (Å²) in [4.78, 5) is 30.4. The van der Waals surface area contributed by atoms with Gasteiger partial charge in [-0.25, -0.2) is 0 Å². The third-order valence-corrected chi connectivity index (χ3v) is 4.83. The summed E-state index contributed by atoms with van der Waals surface area (Å²) in [5, 5.41) is 0. The van der Waals surface area contributed by atoms with Gasteiger partial charge in [0.25, 0.3) is 5.91 Å². The summed E-state index contributed by atoms with van der Waals surface area (Å²) in [6.45, 7) is 6.04. The SMILES string of the molecule is CCOc1ccc(CN(C)C(=O)CN2CCN(C(=O)c3ccco3)CC2)cc1. The number of likely N-dealkylation sites (N-methyl/N-ethyl adjacent to an activating group) is 1. The summed E-state index contributed by atoms with van der Waals surface area (Å²) >= 11 is 0. The Balaban J connectivity index is 1.44. The number of carbonyl (C=O) groups excluding carboxylic acids is 2. The van der Waals surface area contributed by atoms with Gasteiger partial charge in [0.1, 0.15) is 5.75 Å². The second-order valence-electron chi connectivity index (χ2n) is 6.87. The van der Waals surface area contributed by atoms with Crippen molar-refractivity contribution in [2.24, 2.45) is 0 Å². The fourth-order valence-electron chi connectivity index (χ4n) is 3.20. The van der Waals surface area contributed by atoms with Crippen molar-refractivity contribution in [3.8, 4) is 5.75 Å². The Morgan fingerprint density at radius 2 is 1.82 bits per heavy atom. The Bertz CT molecular complexity index is 765. The molecule has 1 aliphatic rings. The fourth-order valence-corrected chi connectivity index (χ4v) is 3.20. The van der Waals surface area contributed by atoms with E-state index < -0.39 is 0 Å². The minimum Gasteiger partial charge on any atom is -0.494 e. The second kappa shape index (κ2) is 9.41. The number of ether oxygens (including phenoxy) is 1.